The van der Waals surface area contributed by atoms with Crippen molar-refractivity contribution in [1.29, 1.82) is 0 Å². The molecule has 192 valence electrons. The predicted octanol–water partition coefficient (Wildman–Crippen LogP) is 6.51. The standard InChI is InChI=1S/C31H33NO5/c1-5-6-7-16-37-26-14-10-23(11-15-26)29(33)27-28(22-8-12-25(36-4)13-9-22)32(31(35)30(27)34)24-18-20(2)17-21(3)19-24/h8-15,17-19,28,33H,5-7,16H2,1-4H3/b29-27+. The number of rotatable bonds is 9. The zero-order chi connectivity index (χ0) is 26.5. The number of carbonyl (C=O) groups excluding carboxylic acids is 2. The quantitative estimate of drug-likeness (QED) is 0.157. The molecule has 37 heavy (non-hydrogen) atoms. The fourth-order valence-electron chi connectivity index (χ4n) is 4.70. The van der Waals surface area contributed by atoms with E-state index in [0.717, 1.165) is 30.4 Å². The summed E-state index contributed by atoms with van der Waals surface area (Å²) in [6.45, 7) is 6.65. The summed E-state index contributed by atoms with van der Waals surface area (Å²) >= 11 is 0. The Labute approximate surface area is 218 Å². The molecule has 0 aliphatic carbocycles. The Morgan fingerprint density at radius 2 is 1.51 bits per heavy atom. The average molecular weight is 500 g/mol. The van der Waals surface area contributed by atoms with E-state index in [9.17, 15) is 14.7 Å². The van der Waals surface area contributed by atoms with E-state index in [1.54, 1.807) is 43.5 Å². The minimum atomic E-state index is -0.794. The van der Waals surface area contributed by atoms with Crippen LogP contribution in [0.25, 0.3) is 5.76 Å². The van der Waals surface area contributed by atoms with Crippen LogP contribution in [0.3, 0.4) is 0 Å². The van der Waals surface area contributed by atoms with Gasteiger partial charge in [0.2, 0.25) is 0 Å². The average Bonchev–Trinajstić information content (AvgIpc) is 3.16. The van der Waals surface area contributed by atoms with E-state index in [0.29, 0.717) is 34.9 Å². The molecule has 4 rings (SSSR count). The van der Waals surface area contributed by atoms with E-state index in [1.165, 1.54) is 4.90 Å². The normalized spacial score (nSPS) is 16.8. The van der Waals surface area contributed by atoms with Gasteiger partial charge >= 0.3 is 0 Å². The van der Waals surface area contributed by atoms with Crippen molar-refractivity contribution >= 4 is 23.1 Å². The van der Waals surface area contributed by atoms with Crippen LogP contribution in [0.15, 0.2) is 72.3 Å². The molecule has 0 radical (unpaired) electrons. The highest BCUT2D eigenvalue weighted by molar-refractivity contribution is 6.51. The van der Waals surface area contributed by atoms with Crippen LogP contribution in [-0.2, 0) is 9.59 Å². The van der Waals surface area contributed by atoms with Gasteiger partial charge in [-0.15, -0.1) is 0 Å². The first kappa shape index (κ1) is 26.0. The second-order valence-electron chi connectivity index (χ2n) is 9.37. The molecule has 3 aromatic carbocycles. The number of hydrogen-bond donors (Lipinski definition) is 1. The molecular weight excluding hydrogens is 466 g/mol. The molecule has 0 aromatic heterocycles. The number of Topliss-reactive ketones (excluding diaryl/α,β-unsaturated/α-hetero) is 1. The Kier molecular flexibility index (Phi) is 7.97. The Hall–Kier alpha value is -4.06. The molecule has 6 heteroatoms. The van der Waals surface area contributed by atoms with Gasteiger partial charge in [0, 0.05) is 11.3 Å². The lowest BCUT2D eigenvalue weighted by molar-refractivity contribution is -0.132. The van der Waals surface area contributed by atoms with Gasteiger partial charge in [-0.3, -0.25) is 14.5 Å². The Morgan fingerprint density at radius 3 is 2.11 bits per heavy atom. The van der Waals surface area contributed by atoms with Gasteiger partial charge in [0.25, 0.3) is 11.7 Å². The summed E-state index contributed by atoms with van der Waals surface area (Å²) in [5.41, 5.74) is 3.73. The molecule has 1 N–H and O–H groups in total. The van der Waals surface area contributed by atoms with E-state index in [1.807, 2.05) is 44.2 Å². The van der Waals surface area contributed by atoms with E-state index >= 15 is 0 Å². The molecule has 0 bridgehead atoms. The van der Waals surface area contributed by atoms with Crippen LogP contribution in [0, 0.1) is 13.8 Å². The van der Waals surface area contributed by atoms with Gasteiger partial charge in [-0.2, -0.15) is 0 Å². The largest absolute Gasteiger partial charge is 0.507 e. The van der Waals surface area contributed by atoms with Gasteiger partial charge < -0.3 is 14.6 Å². The fourth-order valence-corrected chi connectivity index (χ4v) is 4.70. The van der Waals surface area contributed by atoms with Gasteiger partial charge in [0.15, 0.2) is 0 Å². The van der Waals surface area contributed by atoms with Crippen molar-refractivity contribution in [3.8, 4) is 11.5 Å². The van der Waals surface area contributed by atoms with Gasteiger partial charge in [-0.25, -0.2) is 0 Å². The lowest BCUT2D eigenvalue weighted by atomic mass is 9.95. The number of methoxy groups -OCH3 is 1. The molecule has 0 spiro atoms. The van der Waals surface area contributed by atoms with E-state index < -0.39 is 17.7 Å². The number of anilines is 1. The summed E-state index contributed by atoms with van der Waals surface area (Å²) in [5.74, 6) is -0.277. The van der Waals surface area contributed by atoms with Crippen LogP contribution < -0.4 is 14.4 Å². The summed E-state index contributed by atoms with van der Waals surface area (Å²) in [6.07, 6.45) is 3.19. The number of unbranched alkanes of at least 4 members (excludes halogenated alkanes) is 2. The topological polar surface area (TPSA) is 76.1 Å². The van der Waals surface area contributed by atoms with Crippen LogP contribution in [0.1, 0.15) is 54.5 Å². The minimum Gasteiger partial charge on any atom is -0.507 e. The number of aliphatic hydroxyl groups is 1. The van der Waals surface area contributed by atoms with Crippen molar-refractivity contribution in [2.45, 2.75) is 46.1 Å². The lowest BCUT2D eigenvalue weighted by Crippen LogP contribution is -2.29. The van der Waals surface area contributed by atoms with Crippen LogP contribution in [0.5, 0.6) is 11.5 Å². The number of aryl methyl sites for hydroxylation is 2. The molecule has 6 nitrogen and oxygen atoms in total. The molecular formula is C31H33NO5. The first-order chi connectivity index (χ1) is 17.8. The zero-order valence-corrected chi connectivity index (χ0v) is 21.8. The molecule has 1 atom stereocenters. The summed E-state index contributed by atoms with van der Waals surface area (Å²) in [7, 11) is 1.58. The van der Waals surface area contributed by atoms with Crippen molar-refractivity contribution in [3.05, 3.63) is 94.6 Å². The number of amides is 1. The maximum absolute atomic E-state index is 13.4. The molecule has 0 saturated carbocycles. The highest BCUT2D eigenvalue weighted by Gasteiger charge is 2.47. The maximum Gasteiger partial charge on any atom is 0.300 e. The van der Waals surface area contributed by atoms with Crippen LogP contribution in [0.4, 0.5) is 5.69 Å². The molecule has 1 heterocycles. The summed E-state index contributed by atoms with van der Waals surface area (Å²) in [4.78, 5) is 28.3. The van der Waals surface area contributed by atoms with Crippen LogP contribution in [0.2, 0.25) is 0 Å². The third kappa shape index (κ3) is 5.53. The first-order valence-electron chi connectivity index (χ1n) is 12.6. The number of aliphatic hydroxyl groups excluding tert-OH is 1. The number of ketones is 1. The molecule has 1 aliphatic heterocycles. The number of hydrogen-bond acceptors (Lipinski definition) is 5. The molecule has 1 unspecified atom stereocenters. The van der Waals surface area contributed by atoms with Crippen LogP contribution in [-0.4, -0.2) is 30.5 Å². The first-order valence-corrected chi connectivity index (χ1v) is 12.6. The molecule has 1 fully saturated rings. The van der Waals surface area contributed by atoms with E-state index in [-0.39, 0.29) is 11.3 Å². The molecule has 3 aromatic rings. The van der Waals surface area contributed by atoms with Gasteiger partial charge in [0.05, 0.1) is 25.3 Å². The highest BCUT2D eigenvalue weighted by Crippen LogP contribution is 2.43. The SMILES string of the molecule is CCCCCOc1ccc(/C(O)=C2\C(=O)C(=O)N(c3cc(C)cc(C)c3)C2c2ccc(OC)cc2)cc1. The predicted molar refractivity (Wildman–Crippen MR) is 145 cm³/mol. The maximum atomic E-state index is 13.4. The van der Waals surface area contributed by atoms with Crippen molar-refractivity contribution in [2.24, 2.45) is 0 Å². The van der Waals surface area contributed by atoms with E-state index in [2.05, 4.69) is 6.92 Å². The zero-order valence-electron chi connectivity index (χ0n) is 21.8. The Morgan fingerprint density at radius 1 is 0.892 bits per heavy atom. The van der Waals surface area contributed by atoms with E-state index in [4.69, 9.17) is 9.47 Å². The smallest absolute Gasteiger partial charge is 0.300 e. The Balaban J connectivity index is 1.78. The highest BCUT2D eigenvalue weighted by atomic mass is 16.5. The Bertz CT molecular complexity index is 1290. The third-order valence-corrected chi connectivity index (χ3v) is 6.50. The van der Waals surface area contributed by atoms with Gasteiger partial charge in [-0.05, 0) is 85.5 Å². The summed E-state index contributed by atoms with van der Waals surface area (Å²) < 4.78 is 11.1. The summed E-state index contributed by atoms with van der Waals surface area (Å²) in [6, 6.07) is 19.1. The number of carbonyl (C=O) groups is 2. The number of benzene rings is 3. The number of ether oxygens (including phenoxy) is 2. The molecule has 1 saturated heterocycles. The summed E-state index contributed by atoms with van der Waals surface area (Å²) in [5, 5.41) is 11.4. The van der Waals surface area contributed by atoms with Crippen molar-refractivity contribution in [2.75, 3.05) is 18.6 Å². The number of nitrogens with zero attached hydrogens (tertiary/aromatic N) is 1. The minimum absolute atomic E-state index is 0.0472. The third-order valence-electron chi connectivity index (χ3n) is 6.50. The molecule has 1 amide bonds. The lowest BCUT2D eigenvalue weighted by Gasteiger charge is -2.26. The van der Waals surface area contributed by atoms with Crippen molar-refractivity contribution in [3.63, 3.8) is 0 Å². The van der Waals surface area contributed by atoms with Crippen LogP contribution >= 0.6 is 0 Å². The van der Waals surface area contributed by atoms with Crippen molar-refractivity contribution < 1.29 is 24.2 Å². The monoisotopic (exact) mass is 499 g/mol. The van der Waals surface area contributed by atoms with Gasteiger partial charge in [-0.1, -0.05) is 38.0 Å². The fraction of sp³-hybridized carbons (Fsp3) is 0.290. The molecule has 1 aliphatic rings. The second-order valence-corrected chi connectivity index (χ2v) is 9.37. The second kappa shape index (κ2) is 11.3. The van der Waals surface area contributed by atoms with Gasteiger partial charge in [0.1, 0.15) is 17.3 Å². The van der Waals surface area contributed by atoms with Crippen molar-refractivity contribution in [1.82, 2.24) is 0 Å².